The largest absolute Gasteiger partial charge is 0.309 e. The van der Waals surface area contributed by atoms with Gasteiger partial charge in [-0.1, -0.05) is 130 Å². The molecule has 0 bridgehead atoms. The molecule has 7 aromatic rings. The van der Waals surface area contributed by atoms with Crippen molar-refractivity contribution in [2.75, 3.05) is 0 Å². The lowest BCUT2D eigenvalue weighted by Crippen LogP contribution is -1.96. The number of nitrogens with zero attached hydrogens (tertiary/aromatic N) is 3. The zero-order valence-electron chi connectivity index (χ0n) is 27.3. The highest BCUT2D eigenvalue weighted by atomic mass is 15.1. The standard InChI is InChI=1S/C29H19N3.5C2H6/c1-2-10-20(11-3-1)31-25-14-6-4-12-21(25)23-19-28-24(18-27(23)31)22-13-5-7-15-26(22)32(28)29-16-8-9-17-30-29;5*1-2/h1-19H;5*1-2H3. The highest BCUT2D eigenvalue weighted by Crippen LogP contribution is 2.39. The molecule has 0 radical (unpaired) electrons. The fraction of sp³-hybridized carbons (Fsp3) is 0.256. The summed E-state index contributed by atoms with van der Waals surface area (Å²) in [7, 11) is 0. The second-order valence-corrected chi connectivity index (χ2v) is 8.12. The number of fused-ring (bicyclic) bond motifs is 6. The maximum Gasteiger partial charge on any atom is 0.137 e. The summed E-state index contributed by atoms with van der Waals surface area (Å²) in [6, 6.07) is 38.6. The highest BCUT2D eigenvalue weighted by Gasteiger charge is 2.18. The van der Waals surface area contributed by atoms with Gasteiger partial charge in [0.25, 0.3) is 0 Å². The van der Waals surface area contributed by atoms with Crippen LogP contribution in [-0.4, -0.2) is 14.1 Å². The number of para-hydroxylation sites is 3. The molecule has 0 fully saturated rings. The number of pyridine rings is 1. The Kier molecular flexibility index (Phi) is 14.1. The molecule has 3 aromatic heterocycles. The zero-order valence-corrected chi connectivity index (χ0v) is 27.3. The van der Waals surface area contributed by atoms with Gasteiger partial charge in [0, 0.05) is 33.4 Å². The minimum atomic E-state index is 0.935. The fourth-order valence-corrected chi connectivity index (χ4v) is 5.02. The van der Waals surface area contributed by atoms with Crippen LogP contribution >= 0.6 is 0 Å². The molecule has 220 valence electrons. The van der Waals surface area contributed by atoms with Crippen LogP contribution in [0.15, 0.2) is 115 Å². The minimum absolute atomic E-state index is 0.935. The second kappa shape index (κ2) is 17.4. The maximum absolute atomic E-state index is 4.67. The molecule has 3 heteroatoms. The lowest BCUT2D eigenvalue weighted by Gasteiger charge is -2.08. The normalized spacial score (nSPS) is 9.67. The van der Waals surface area contributed by atoms with Crippen molar-refractivity contribution in [1.29, 1.82) is 0 Å². The maximum atomic E-state index is 4.67. The molecule has 4 aromatic carbocycles. The van der Waals surface area contributed by atoms with Crippen molar-refractivity contribution in [2.45, 2.75) is 69.2 Å². The molecule has 0 N–H and O–H groups in total. The number of benzene rings is 4. The smallest absolute Gasteiger partial charge is 0.137 e. The Bertz CT molecular complexity index is 1620. The van der Waals surface area contributed by atoms with E-state index in [2.05, 4.69) is 111 Å². The average molecular weight is 560 g/mol. The van der Waals surface area contributed by atoms with E-state index in [9.17, 15) is 0 Å². The van der Waals surface area contributed by atoms with Gasteiger partial charge in [-0.3, -0.25) is 4.57 Å². The molecule has 42 heavy (non-hydrogen) atoms. The molecule has 0 saturated heterocycles. The van der Waals surface area contributed by atoms with E-state index in [4.69, 9.17) is 0 Å². The van der Waals surface area contributed by atoms with Gasteiger partial charge in [0.05, 0.1) is 22.1 Å². The van der Waals surface area contributed by atoms with Crippen molar-refractivity contribution in [2.24, 2.45) is 0 Å². The summed E-state index contributed by atoms with van der Waals surface area (Å²) in [5.41, 5.74) is 5.95. The van der Waals surface area contributed by atoms with Crippen molar-refractivity contribution in [3.05, 3.63) is 115 Å². The molecule has 0 aliphatic carbocycles. The Morgan fingerprint density at radius 3 is 1.31 bits per heavy atom. The summed E-state index contributed by atoms with van der Waals surface area (Å²) in [4.78, 5) is 4.67. The Balaban J connectivity index is 0.000000563. The van der Waals surface area contributed by atoms with Gasteiger partial charge in [0.15, 0.2) is 0 Å². The molecule has 0 aliphatic rings. The summed E-state index contributed by atoms with van der Waals surface area (Å²) in [6.45, 7) is 20.0. The van der Waals surface area contributed by atoms with Crippen LogP contribution in [0.25, 0.3) is 55.1 Å². The SMILES string of the molecule is CC.CC.CC.CC.CC.c1ccc(-n2c3ccccc3c3cc4c(cc32)c2ccccc2n4-c2ccccn2)cc1. The average Bonchev–Trinajstić information content (AvgIpc) is 3.61. The molecule has 0 saturated carbocycles. The molecule has 3 nitrogen and oxygen atoms in total. The van der Waals surface area contributed by atoms with E-state index < -0.39 is 0 Å². The van der Waals surface area contributed by atoms with E-state index in [0.29, 0.717) is 0 Å². The third-order valence-electron chi connectivity index (χ3n) is 6.36. The van der Waals surface area contributed by atoms with E-state index >= 15 is 0 Å². The Morgan fingerprint density at radius 2 is 0.810 bits per heavy atom. The van der Waals surface area contributed by atoms with Crippen molar-refractivity contribution < 1.29 is 0 Å². The number of aromatic nitrogens is 3. The van der Waals surface area contributed by atoms with Gasteiger partial charge < -0.3 is 4.57 Å². The first-order valence-electron chi connectivity index (χ1n) is 15.8. The number of hydrogen-bond acceptors (Lipinski definition) is 1. The summed E-state index contributed by atoms with van der Waals surface area (Å²) < 4.78 is 4.65. The quantitative estimate of drug-likeness (QED) is 0.206. The van der Waals surface area contributed by atoms with Gasteiger partial charge in [0.2, 0.25) is 0 Å². The van der Waals surface area contributed by atoms with Crippen molar-refractivity contribution in [3.8, 4) is 11.5 Å². The molecule has 0 aliphatic heterocycles. The second-order valence-electron chi connectivity index (χ2n) is 8.12. The molecule has 0 unspecified atom stereocenters. The van der Waals surface area contributed by atoms with Crippen molar-refractivity contribution >= 4 is 43.6 Å². The van der Waals surface area contributed by atoms with Gasteiger partial charge >= 0.3 is 0 Å². The predicted molar refractivity (Wildman–Crippen MR) is 190 cm³/mol. The van der Waals surface area contributed by atoms with Crippen molar-refractivity contribution in [3.63, 3.8) is 0 Å². The molecule has 3 heterocycles. The third kappa shape index (κ3) is 6.41. The van der Waals surface area contributed by atoms with E-state index in [-0.39, 0.29) is 0 Å². The first-order chi connectivity index (χ1) is 20.9. The zero-order chi connectivity index (χ0) is 31.1. The molecule has 0 spiro atoms. The van der Waals surface area contributed by atoms with Crippen LogP contribution in [-0.2, 0) is 0 Å². The summed E-state index contributed by atoms with van der Waals surface area (Å²) in [6.07, 6.45) is 1.86. The molecule has 0 atom stereocenters. The van der Waals surface area contributed by atoms with Gasteiger partial charge in [0.1, 0.15) is 5.82 Å². The first-order valence-corrected chi connectivity index (χ1v) is 15.8. The Labute approximate surface area is 253 Å². The van der Waals surface area contributed by atoms with E-state index in [1.54, 1.807) is 0 Å². The van der Waals surface area contributed by atoms with E-state index in [1.807, 2.05) is 87.6 Å². The predicted octanol–water partition coefficient (Wildman–Crippen LogP) is 12.4. The molecule has 7 rings (SSSR count). The number of hydrogen-bond donors (Lipinski definition) is 0. The molecular formula is C39H49N3. The van der Waals surface area contributed by atoms with Crippen LogP contribution in [0, 0.1) is 0 Å². The minimum Gasteiger partial charge on any atom is -0.309 e. The van der Waals surface area contributed by atoms with Crippen LogP contribution in [0.5, 0.6) is 0 Å². The van der Waals surface area contributed by atoms with E-state index in [0.717, 1.165) is 5.82 Å². The Hall–Kier alpha value is -4.37. The first kappa shape index (κ1) is 33.8. The number of rotatable bonds is 2. The Morgan fingerprint density at radius 1 is 0.381 bits per heavy atom. The molecular weight excluding hydrogens is 510 g/mol. The summed E-state index contributed by atoms with van der Waals surface area (Å²) in [5, 5.41) is 4.97. The highest BCUT2D eigenvalue weighted by molar-refractivity contribution is 6.18. The monoisotopic (exact) mass is 559 g/mol. The summed E-state index contributed by atoms with van der Waals surface area (Å²) in [5.74, 6) is 0.935. The van der Waals surface area contributed by atoms with Crippen LogP contribution in [0.4, 0.5) is 0 Å². The lowest BCUT2D eigenvalue weighted by atomic mass is 10.1. The van der Waals surface area contributed by atoms with Gasteiger partial charge in [-0.2, -0.15) is 0 Å². The van der Waals surface area contributed by atoms with Crippen LogP contribution in [0.3, 0.4) is 0 Å². The van der Waals surface area contributed by atoms with Gasteiger partial charge in [-0.15, -0.1) is 0 Å². The third-order valence-corrected chi connectivity index (χ3v) is 6.36. The van der Waals surface area contributed by atoms with Crippen LogP contribution in [0.1, 0.15) is 69.2 Å². The fourth-order valence-electron chi connectivity index (χ4n) is 5.02. The van der Waals surface area contributed by atoms with Crippen molar-refractivity contribution in [1.82, 2.24) is 14.1 Å². The summed E-state index contributed by atoms with van der Waals surface area (Å²) >= 11 is 0. The topological polar surface area (TPSA) is 22.8 Å². The molecule has 0 amide bonds. The lowest BCUT2D eigenvalue weighted by molar-refractivity contribution is 1.08. The van der Waals surface area contributed by atoms with Gasteiger partial charge in [-0.05, 0) is 48.5 Å². The van der Waals surface area contributed by atoms with E-state index in [1.165, 1.54) is 49.3 Å². The van der Waals surface area contributed by atoms with Gasteiger partial charge in [-0.25, -0.2) is 4.98 Å². The van der Waals surface area contributed by atoms with Crippen LogP contribution < -0.4 is 0 Å². The van der Waals surface area contributed by atoms with Crippen LogP contribution in [0.2, 0.25) is 0 Å².